The molecule has 0 aliphatic heterocycles. The van der Waals surface area contributed by atoms with Gasteiger partial charge in [0, 0.05) is 13.2 Å². The summed E-state index contributed by atoms with van der Waals surface area (Å²) in [7, 11) is 1.40. The molecule has 0 aromatic heterocycles. The first-order chi connectivity index (χ1) is 6.63. The second-order valence-electron chi connectivity index (χ2n) is 2.68. The van der Waals surface area contributed by atoms with Crippen molar-refractivity contribution >= 4 is 11.6 Å². The van der Waals surface area contributed by atoms with Crippen molar-refractivity contribution < 1.29 is 19.7 Å². The zero-order chi connectivity index (χ0) is 10.6. The lowest BCUT2D eigenvalue weighted by Crippen LogP contribution is -2.17. The predicted molar refractivity (Wildman–Crippen MR) is 50.3 cm³/mol. The molecule has 1 aromatic rings. The Bertz CT molecular complexity index is 338. The normalized spacial score (nSPS) is 9.79. The number of aromatic hydroxyl groups is 2. The van der Waals surface area contributed by atoms with Crippen LogP contribution in [0.25, 0.3) is 0 Å². The number of benzene rings is 1. The Hall–Kier alpha value is -1.75. The molecular formula is C9H11NO4. The molecule has 0 bridgehead atoms. The number of methoxy groups -OCH3 is 1. The number of amides is 1. The van der Waals surface area contributed by atoms with Crippen molar-refractivity contribution in [3.63, 3.8) is 0 Å². The number of phenols is 2. The van der Waals surface area contributed by atoms with Gasteiger partial charge < -0.3 is 20.3 Å². The highest BCUT2D eigenvalue weighted by Crippen LogP contribution is 2.26. The van der Waals surface area contributed by atoms with E-state index in [4.69, 9.17) is 5.11 Å². The summed E-state index contributed by atoms with van der Waals surface area (Å²) in [5, 5.41) is 20.7. The minimum atomic E-state index is -0.367. The van der Waals surface area contributed by atoms with Gasteiger partial charge in [0.15, 0.2) is 0 Å². The van der Waals surface area contributed by atoms with E-state index in [1.54, 1.807) is 0 Å². The van der Waals surface area contributed by atoms with Crippen LogP contribution in [0.2, 0.25) is 0 Å². The van der Waals surface area contributed by atoms with E-state index in [0.717, 1.165) is 6.07 Å². The Morgan fingerprint density at radius 3 is 2.79 bits per heavy atom. The lowest BCUT2D eigenvalue weighted by Gasteiger charge is -2.06. The van der Waals surface area contributed by atoms with E-state index in [0.29, 0.717) is 0 Å². The fourth-order valence-electron chi connectivity index (χ4n) is 0.943. The van der Waals surface area contributed by atoms with Gasteiger partial charge >= 0.3 is 0 Å². The molecule has 0 fully saturated rings. The molecule has 0 saturated carbocycles. The summed E-state index contributed by atoms with van der Waals surface area (Å²) in [6.45, 7) is -0.0830. The van der Waals surface area contributed by atoms with Gasteiger partial charge in [-0.2, -0.15) is 0 Å². The van der Waals surface area contributed by atoms with Crippen LogP contribution < -0.4 is 5.32 Å². The summed E-state index contributed by atoms with van der Waals surface area (Å²) in [4.78, 5) is 11.0. The number of rotatable bonds is 3. The molecule has 1 aromatic carbocycles. The Labute approximate surface area is 80.9 Å². The maximum atomic E-state index is 11.0. The van der Waals surface area contributed by atoms with E-state index in [1.807, 2.05) is 0 Å². The Balaban J connectivity index is 2.72. The molecule has 0 unspecified atom stereocenters. The molecule has 5 heteroatoms. The minimum absolute atomic E-state index is 0.0627. The number of nitrogens with one attached hydrogen (secondary N) is 1. The van der Waals surface area contributed by atoms with Gasteiger partial charge in [0.2, 0.25) is 5.91 Å². The predicted octanol–water partition coefficient (Wildman–Crippen LogP) is 0.683. The summed E-state index contributed by atoms with van der Waals surface area (Å²) in [5.74, 6) is -0.616. The monoisotopic (exact) mass is 197 g/mol. The second-order valence-corrected chi connectivity index (χ2v) is 2.68. The van der Waals surface area contributed by atoms with Crippen LogP contribution >= 0.6 is 0 Å². The number of carbonyl (C=O) groups excluding carboxylic acids is 1. The molecule has 0 atom stereocenters. The first kappa shape index (κ1) is 10.3. The summed E-state index contributed by atoms with van der Waals surface area (Å²) in [5.41, 5.74) is 0.241. The van der Waals surface area contributed by atoms with Crippen LogP contribution in [0.15, 0.2) is 18.2 Å². The minimum Gasteiger partial charge on any atom is -0.508 e. The number of hydrogen-bond donors (Lipinski definition) is 3. The van der Waals surface area contributed by atoms with Gasteiger partial charge in [0.05, 0.1) is 5.69 Å². The lowest BCUT2D eigenvalue weighted by molar-refractivity contribution is -0.119. The maximum absolute atomic E-state index is 11.0. The molecule has 1 rings (SSSR count). The molecule has 0 spiro atoms. The van der Waals surface area contributed by atoms with E-state index in [9.17, 15) is 9.90 Å². The fraction of sp³-hybridized carbons (Fsp3) is 0.222. The van der Waals surface area contributed by atoms with Crippen LogP contribution in [0, 0.1) is 0 Å². The van der Waals surface area contributed by atoms with E-state index in [-0.39, 0.29) is 29.7 Å². The Kier molecular flexibility index (Phi) is 3.30. The summed E-state index contributed by atoms with van der Waals surface area (Å²) < 4.78 is 4.60. The van der Waals surface area contributed by atoms with E-state index in [2.05, 4.69) is 10.1 Å². The van der Waals surface area contributed by atoms with Gasteiger partial charge in [0.25, 0.3) is 0 Å². The highest BCUT2D eigenvalue weighted by molar-refractivity contribution is 5.93. The smallest absolute Gasteiger partial charge is 0.250 e. The summed E-state index contributed by atoms with van der Waals surface area (Å²) in [6.07, 6.45) is 0. The van der Waals surface area contributed by atoms with Crippen LogP contribution in [0.5, 0.6) is 11.5 Å². The maximum Gasteiger partial charge on any atom is 0.250 e. The van der Waals surface area contributed by atoms with Crippen molar-refractivity contribution in [2.75, 3.05) is 19.0 Å². The Morgan fingerprint density at radius 2 is 2.21 bits per heavy atom. The van der Waals surface area contributed by atoms with Crippen molar-refractivity contribution in [1.29, 1.82) is 0 Å². The van der Waals surface area contributed by atoms with Crippen LogP contribution in [0.1, 0.15) is 0 Å². The lowest BCUT2D eigenvalue weighted by atomic mass is 10.2. The standard InChI is InChI=1S/C9H11NO4/c1-14-5-9(13)10-7-3-2-6(11)4-8(7)12/h2-4,11-12H,5H2,1H3,(H,10,13). The molecule has 0 aliphatic rings. The largest absolute Gasteiger partial charge is 0.508 e. The van der Waals surface area contributed by atoms with Gasteiger partial charge in [-0.3, -0.25) is 4.79 Å². The molecule has 3 N–H and O–H groups in total. The molecule has 0 radical (unpaired) electrons. The third-order valence-electron chi connectivity index (χ3n) is 1.53. The van der Waals surface area contributed by atoms with E-state index < -0.39 is 0 Å². The van der Waals surface area contributed by atoms with Crippen molar-refractivity contribution in [2.45, 2.75) is 0 Å². The zero-order valence-corrected chi connectivity index (χ0v) is 7.65. The van der Waals surface area contributed by atoms with Crippen molar-refractivity contribution in [3.8, 4) is 11.5 Å². The molecule has 0 heterocycles. The molecular weight excluding hydrogens is 186 g/mol. The van der Waals surface area contributed by atoms with Crippen LogP contribution in [-0.4, -0.2) is 29.8 Å². The molecule has 0 aliphatic carbocycles. The van der Waals surface area contributed by atoms with Crippen molar-refractivity contribution in [2.24, 2.45) is 0 Å². The Morgan fingerprint density at radius 1 is 1.50 bits per heavy atom. The van der Waals surface area contributed by atoms with Gasteiger partial charge in [-0.1, -0.05) is 0 Å². The van der Waals surface area contributed by atoms with Crippen molar-refractivity contribution in [3.05, 3.63) is 18.2 Å². The van der Waals surface area contributed by atoms with Crippen LogP contribution in [0.3, 0.4) is 0 Å². The van der Waals surface area contributed by atoms with Gasteiger partial charge in [-0.05, 0) is 12.1 Å². The third-order valence-corrected chi connectivity index (χ3v) is 1.53. The van der Waals surface area contributed by atoms with Crippen LogP contribution in [0.4, 0.5) is 5.69 Å². The summed E-state index contributed by atoms with van der Waals surface area (Å²) in [6, 6.07) is 3.91. The van der Waals surface area contributed by atoms with Crippen LogP contribution in [-0.2, 0) is 9.53 Å². The molecule has 76 valence electrons. The van der Waals surface area contributed by atoms with Gasteiger partial charge in [0.1, 0.15) is 18.1 Å². The molecule has 0 saturated heterocycles. The number of phenolic OH excluding ortho intramolecular Hbond substituents is 2. The summed E-state index contributed by atoms with van der Waals surface area (Å²) >= 11 is 0. The SMILES string of the molecule is COCC(=O)Nc1ccc(O)cc1O. The number of hydrogen-bond acceptors (Lipinski definition) is 4. The number of anilines is 1. The topological polar surface area (TPSA) is 78.8 Å². The first-order valence-electron chi connectivity index (χ1n) is 3.94. The van der Waals surface area contributed by atoms with E-state index >= 15 is 0 Å². The number of ether oxygens (including phenoxy) is 1. The van der Waals surface area contributed by atoms with E-state index in [1.165, 1.54) is 19.2 Å². The quantitative estimate of drug-likeness (QED) is 0.492. The number of carbonyl (C=O) groups is 1. The van der Waals surface area contributed by atoms with Gasteiger partial charge in [-0.25, -0.2) is 0 Å². The second kappa shape index (κ2) is 4.48. The van der Waals surface area contributed by atoms with Crippen molar-refractivity contribution in [1.82, 2.24) is 0 Å². The molecule has 5 nitrogen and oxygen atoms in total. The van der Waals surface area contributed by atoms with Gasteiger partial charge in [-0.15, -0.1) is 0 Å². The third kappa shape index (κ3) is 2.63. The average Bonchev–Trinajstić information content (AvgIpc) is 2.10. The zero-order valence-electron chi connectivity index (χ0n) is 7.65. The fourth-order valence-corrected chi connectivity index (χ4v) is 0.943. The molecule has 14 heavy (non-hydrogen) atoms. The molecule has 1 amide bonds. The average molecular weight is 197 g/mol. The first-order valence-corrected chi connectivity index (χ1v) is 3.94. The highest BCUT2D eigenvalue weighted by Gasteiger charge is 2.05. The highest BCUT2D eigenvalue weighted by atomic mass is 16.5.